The quantitative estimate of drug-likeness (QED) is 0.189. The van der Waals surface area contributed by atoms with E-state index >= 15 is 0 Å². The van der Waals surface area contributed by atoms with Gasteiger partial charge in [-0.05, 0) is 81.6 Å². The summed E-state index contributed by atoms with van der Waals surface area (Å²) in [6.45, 7) is 18.5. The van der Waals surface area contributed by atoms with Gasteiger partial charge in [-0.25, -0.2) is 12.5 Å². The Hall–Kier alpha value is -0.464. The molecule has 2 saturated carbocycles. The van der Waals surface area contributed by atoms with Crippen LogP contribution < -0.4 is 51.4 Å². The van der Waals surface area contributed by atoms with Crippen molar-refractivity contribution in [2.45, 2.75) is 144 Å². The van der Waals surface area contributed by atoms with Crippen LogP contribution in [0.25, 0.3) is 0 Å². The van der Waals surface area contributed by atoms with Crippen molar-refractivity contribution in [3.63, 3.8) is 0 Å². The third-order valence-corrected chi connectivity index (χ3v) is 9.25. The fraction of sp³-hybridized carbons (Fsp3) is 0.634. The van der Waals surface area contributed by atoms with E-state index in [9.17, 15) is 18.0 Å². The van der Waals surface area contributed by atoms with Crippen LogP contribution in [0, 0.1) is 42.6 Å². The summed E-state index contributed by atoms with van der Waals surface area (Å²) >= 11 is 0. The van der Waals surface area contributed by atoms with Gasteiger partial charge in [0.2, 0.25) is 0 Å². The van der Waals surface area contributed by atoms with Crippen molar-refractivity contribution >= 4 is 5.78 Å². The molecule has 5 heteroatoms. The number of halogens is 3. The minimum atomic E-state index is -4.26. The number of rotatable bonds is 9. The monoisotopic (exact) mass is 666 g/mol. The second kappa shape index (κ2) is 24.6. The van der Waals surface area contributed by atoms with Gasteiger partial charge in [0.15, 0.2) is 0 Å². The SMILES string of the molecule is CC(=O)[C@@]12CCCC1CC(C)C2.CC1=[C-]/C=C(C(F)(F)F)\C=C/CC1.CCCC(CCC)c1ccccc1.[CH2-][C@@H](C)C[CH-]CC.[K+]. The number of carbonyl (C=O) groups is 1. The molecule has 1 nitrogen and oxygen atoms in total. The van der Waals surface area contributed by atoms with E-state index in [-0.39, 0.29) is 56.8 Å². The Kier molecular flexibility index (Phi) is 24.4. The van der Waals surface area contributed by atoms with E-state index in [0.29, 0.717) is 18.1 Å². The van der Waals surface area contributed by atoms with Crippen molar-refractivity contribution in [2.24, 2.45) is 23.2 Å². The van der Waals surface area contributed by atoms with Crippen molar-refractivity contribution in [2.75, 3.05) is 0 Å². The molecule has 0 saturated heterocycles. The van der Waals surface area contributed by atoms with Crippen molar-refractivity contribution < 1.29 is 69.4 Å². The number of ketones is 1. The van der Waals surface area contributed by atoms with Gasteiger partial charge in [-0.3, -0.25) is 10.9 Å². The first-order valence-electron chi connectivity index (χ1n) is 17.5. The molecule has 1 aromatic carbocycles. The topological polar surface area (TPSA) is 17.1 Å². The smallest absolute Gasteiger partial charge is 0.343 e. The molecule has 4 atom stereocenters. The molecule has 2 fully saturated rings. The average molecular weight is 667 g/mol. The van der Waals surface area contributed by atoms with E-state index in [4.69, 9.17) is 0 Å². The van der Waals surface area contributed by atoms with Gasteiger partial charge in [0.05, 0.1) is 0 Å². The summed E-state index contributed by atoms with van der Waals surface area (Å²) in [4.78, 5) is 11.6. The van der Waals surface area contributed by atoms with Crippen LogP contribution in [0.5, 0.6) is 0 Å². The normalized spacial score (nSPS) is 24.3. The summed E-state index contributed by atoms with van der Waals surface area (Å²) in [5, 5.41) is 0. The van der Waals surface area contributed by atoms with Crippen molar-refractivity contribution in [3.8, 4) is 0 Å². The van der Waals surface area contributed by atoms with Crippen LogP contribution in [0.2, 0.25) is 0 Å². The second-order valence-corrected chi connectivity index (χ2v) is 13.5. The molecule has 0 amide bonds. The third-order valence-electron chi connectivity index (χ3n) is 9.25. The predicted molar refractivity (Wildman–Crippen MR) is 187 cm³/mol. The summed E-state index contributed by atoms with van der Waals surface area (Å²) in [6.07, 6.45) is 19.5. The van der Waals surface area contributed by atoms with Crippen molar-refractivity contribution in [1.29, 1.82) is 0 Å². The number of fused-ring (bicyclic) bond motifs is 1. The van der Waals surface area contributed by atoms with Gasteiger partial charge >= 0.3 is 57.6 Å². The van der Waals surface area contributed by atoms with E-state index in [1.165, 1.54) is 69.8 Å². The van der Waals surface area contributed by atoms with Gasteiger partial charge in [-0.1, -0.05) is 96.7 Å². The fourth-order valence-electron chi connectivity index (χ4n) is 6.91. The molecule has 0 spiro atoms. The number of alkyl halides is 3. The third kappa shape index (κ3) is 17.3. The first-order valence-corrected chi connectivity index (χ1v) is 17.5. The van der Waals surface area contributed by atoms with Crippen LogP contribution >= 0.6 is 0 Å². The molecule has 3 aliphatic carbocycles. The maximum atomic E-state index is 12.2. The van der Waals surface area contributed by atoms with Crippen LogP contribution in [0.1, 0.15) is 143 Å². The number of unbranched alkanes of at least 4 members (excludes halogenated alkanes) is 1. The van der Waals surface area contributed by atoms with Gasteiger partial charge in [-0.15, -0.1) is 12.2 Å². The minimum absolute atomic E-state index is 0. The molecule has 0 radical (unpaired) electrons. The number of allylic oxidation sites excluding steroid dienone is 6. The average Bonchev–Trinajstić information content (AvgIpc) is 3.52. The number of hydrogen-bond donors (Lipinski definition) is 0. The van der Waals surface area contributed by atoms with Crippen LogP contribution in [-0.2, 0) is 4.79 Å². The summed E-state index contributed by atoms with van der Waals surface area (Å²) < 4.78 is 36.6. The molecule has 0 N–H and O–H groups in total. The molecule has 2 unspecified atom stereocenters. The van der Waals surface area contributed by atoms with Gasteiger partial charge in [0, 0.05) is 5.41 Å². The molecule has 0 aromatic heterocycles. The molecule has 1 aromatic rings. The molecule has 256 valence electrons. The number of Topliss-reactive ketones (excluding diaryl/α,β-unsaturated/α-hetero) is 1. The Balaban J connectivity index is 0.000000596. The Morgan fingerprint density at radius 2 is 1.76 bits per heavy atom. The molecule has 0 heterocycles. The number of hydrogen-bond acceptors (Lipinski definition) is 1. The van der Waals surface area contributed by atoms with Gasteiger partial charge < -0.3 is 13.3 Å². The summed E-state index contributed by atoms with van der Waals surface area (Å²) in [7, 11) is 0. The van der Waals surface area contributed by atoms with Crippen LogP contribution in [0.4, 0.5) is 13.2 Å². The molecular formula is C41H62F3KO-2. The second-order valence-electron chi connectivity index (χ2n) is 13.5. The molecule has 4 rings (SSSR count). The summed E-state index contributed by atoms with van der Waals surface area (Å²) in [5.41, 5.74) is 1.88. The molecule has 0 bridgehead atoms. The van der Waals surface area contributed by atoms with Gasteiger partial charge in [0.25, 0.3) is 0 Å². The summed E-state index contributed by atoms with van der Waals surface area (Å²) in [5.74, 6) is 3.38. The van der Waals surface area contributed by atoms with Gasteiger partial charge in [-0.2, -0.15) is 31.1 Å². The van der Waals surface area contributed by atoms with E-state index in [2.05, 4.69) is 84.4 Å². The Morgan fingerprint density at radius 1 is 1.13 bits per heavy atom. The fourth-order valence-corrected chi connectivity index (χ4v) is 6.91. The van der Waals surface area contributed by atoms with Crippen LogP contribution in [0.3, 0.4) is 0 Å². The standard InChI is InChI=1S/C13H20.C11H18O.C10H10F3.C7H14.K/c1-3-8-12(9-4-2)13-10-6-5-7-11-13;1-8-6-10-4-3-5-11(10,7-8)9(2)12;1-8-4-2-3-5-9(7-6-8)10(11,12)13;1-4-5-6-7(2)3;/h5-7,10-12H,3-4,8-9H2,1-2H3;8,10H,3-7H2,1-2H3;3,5,7H,2,4H2,1H3;5,7H,2,4,6H2,1,3H3;/q;;-1;-2;+1/b;;5-3-,9-7+;;/t;8?,10?,11-;;7-;/m.0.0./s1. The van der Waals surface area contributed by atoms with Crippen LogP contribution in [0.15, 0.2) is 59.7 Å². The molecular weight excluding hydrogens is 605 g/mol. The van der Waals surface area contributed by atoms with E-state index in [0.717, 1.165) is 48.3 Å². The molecule has 3 aliphatic rings. The van der Waals surface area contributed by atoms with E-state index < -0.39 is 11.7 Å². The maximum Gasteiger partial charge on any atom is 1.00 e. The largest absolute Gasteiger partial charge is 1.00 e. The van der Waals surface area contributed by atoms with E-state index in [1.54, 1.807) is 19.9 Å². The van der Waals surface area contributed by atoms with Gasteiger partial charge in [0.1, 0.15) is 5.78 Å². The molecule has 46 heavy (non-hydrogen) atoms. The first kappa shape index (κ1) is 45.5. The zero-order valence-electron chi connectivity index (χ0n) is 30.4. The first-order chi connectivity index (χ1) is 21.3. The van der Waals surface area contributed by atoms with E-state index in [1.807, 2.05) is 0 Å². The summed E-state index contributed by atoms with van der Waals surface area (Å²) in [6, 6.07) is 10.9. The molecule has 0 aliphatic heterocycles. The maximum absolute atomic E-state index is 12.2. The predicted octanol–water partition coefficient (Wildman–Crippen LogP) is 10.2. The Labute approximate surface area is 324 Å². The minimum Gasteiger partial charge on any atom is -0.343 e. The zero-order chi connectivity index (χ0) is 33.9. The zero-order valence-corrected chi connectivity index (χ0v) is 33.6. The Morgan fingerprint density at radius 3 is 2.24 bits per heavy atom. The van der Waals surface area contributed by atoms with Crippen molar-refractivity contribution in [3.05, 3.63) is 84.7 Å². The number of benzene rings is 1. The number of carbonyl (C=O) groups excluding carboxylic acids is 1. The van der Waals surface area contributed by atoms with Crippen LogP contribution in [-0.4, -0.2) is 12.0 Å². The Bertz CT molecular complexity index is 1030. The van der Waals surface area contributed by atoms with Crippen molar-refractivity contribution in [1.82, 2.24) is 0 Å².